The summed E-state index contributed by atoms with van der Waals surface area (Å²) in [5.41, 5.74) is 5.62. The van der Waals surface area contributed by atoms with Crippen LogP contribution >= 0.6 is 0 Å². The van der Waals surface area contributed by atoms with Crippen LogP contribution in [-0.2, 0) is 77.6 Å². The fraction of sp³-hybridized carbons (Fsp3) is 0.283. The Morgan fingerprint density at radius 3 is 1.50 bits per heavy atom. The Kier molecular flexibility index (Phi) is 16.6. The van der Waals surface area contributed by atoms with Gasteiger partial charge in [0.1, 0.15) is 24.9 Å². The monoisotopic (exact) mass is 833 g/mol. The highest BCUT2D eigenvalue weighted by Gasteiger charge is 2.51. The van der Waals surface area contributed by atoms with E-state index in [-0.39, 0.29) is 51.9 Å². The highest BCUT2D eigenvalue weighted by atomic mass is 16.6. The van der Waals surface area contributed by atoms with E-state index in [1.54, 1.807) is 11.8 Å². The van der Waals surface area contributed by atoms with Crippen molar-refractivity contribution in [3.05, 3.63) is 215 Å². The zero-order valence-corrected chi connectivity index (χ0v) is 35.2. The molecule has 62 heavy (non-hydrogen) atoms. The average Bonchev–Trinajstić information content (AvgIpc) is 3.32. The van der Waals surface area contributed by atoms with Crippen LogP contribution in [0.15, 0.2) is 182 Å². The van der Waals surface area contributed by atoms with Gasteiger partial charge in [-0.15, -0.1) is 0 Å². The molecule has 6 aromatic carbocycles. The largest absolute Gasteiger partial charge is 0.459 e. The fourth-order valence-corrected chi connectivity index (χ4v) is 7.72. The maximum absolute atomic E-state index is 14.3. The van der Waals surface area contributed by atoms with Crippen LogP contribution in [0, 0.1) is 0 Å². The first-order valence-corrected chi connectivity index (χ1v) is 21.3. The molecule has 0 saturated carbocycles. The second-order valence-corrected chi connectivity index (χ2v) is 15.5. The molecule has 0 N–H and O–H groups in total. The van der Waals surface area contributed by atoms with Gasteiger partial charge in [0.2, 0.25) is 5.91 Å². The predicted octanol–water partition coefficient (Wildman–Crippen LogP) is 9.28. The Morgan fingerprint density at radius 1 is 0.565 bits per heavy atom. The normalized spacial score (nSPS) is 18.3. The number of rotatable bonds is 21. The lowest BCUT2D eigenvalue weighted by molar-refractivity contribution is -0.237. The van der Waals surface area contributed by atoms with Crippen molar-refractivity contribution in [3.63, 3.8) is 0 Å². The molecular formula is C53H55NO8. The van der Waals surface area contributed by atoms with Crippen molar-refractivity contribution in [3.8, 4) is 0 Å². The summed E-state index contributed by atoms with van der Waals surface area (Å²) >= 11 is 0. The van der Waals surface area contributed by atoms with Gasteiger partial charge in [-0.2, -0.15) is 0 Å². The zero-order valence-electron chi connectivity index (χ0n) is 35.2. The van der Waals surface area contributed by atoms with Crippen LogP contribution in [0.2, 0.25) is 0 Å². The number of amides is 1. The number of hydrogen-bond donors (Lipinski definition) is 0. The third-order valence-electron chi connectivity index (χ3n) is 10.9. The summed E-state index contributed by atoms with van der Waals surface area (Å²) in [6.45, 7) is 3.02. The van der Waals surface area contributed by atoms with E-state index in [2.05, 4.69) is 0 Å². The first-order chi connectivity index (χ1) is 30.5. The second kappa shape index (κ2) is 23.3. The van der Waals surface area contributed by atoms with Crippen molar-refractivity contribution >= 4 is 11.9 Å². The van der Waals surface area contributed by atoms with E-state index >= 15 is 0 Å². The van der Waals surface area contributed by atoms with Crippen molar-refractivity contribution in [2.24, 2.45) is 0 Å². The molecule has 0 aromatic heterocycles. The van der Waals surface area contributed by atoms with Crippen LogP contribution < -0.4 is 0 Å². The number of esters is 1. The molecule has 1 aliphatic heterocycles. The van der Waals surface area contributed by atoms with Crippen LogP contribution in [0.25, 0.3) is 0 Å². The van der Waals surface area contributed by atoms with Crippen molar-refractivity contribution < 1.29 is 38.0 Å². The van der Waals surface area contributed by atoms with Crippen molar-refractivity contribution in [2.75, 3.05) is 6.61 Å². The molecule has 7 rings (SSSR count). The topological polar surface area (TPSA) is 92.8 Å². The molecule has 9 nitrogen and oxygen atoms in total. The first kappa shape index (κ1) is 44.1. The van der Waals surface area contributed by atoms with Crippen LogP contribution in [0.4, 0.5) is 0 Å². The Hall–Kier alpha value is -5.94. The van der Waals surface area contributed by atoms with Crippen molar-refractivity contribution in [2.45, 2.75) is 89.5 Å². The minimum absolute atomic E-state index is 0.0703. The molecule has 1 aliphatic rings. The third kappa shape index (κ3) is 13.0. The molecule has 0 aliphatic carbocycles. The summed E-state index contributed by atoms with van der Waals surface area (Å²) in [5, 5.41) is 0. The number of benzene rings is 6. The number of carbonyl (C=O) groups excluding carboxylic acids is 2. The predicted molar refractivity (Wildman–Crippen MR) is 237 cm³/mol. The molecule has 1 heterocycles. The van der Waals surface area contributed by atoms with Gasteiger partial charge in [0.25, 0.3) is 0 Å². The van der Waals surface area contributed by atoms with Gasteiger partial charge in [-0.25, -0.2) is 4.79 Å². The Labute approximate surface area is 365 Å². The molecular weight excluding hydrogens is 779 g/mol. The van der Waals surface area contributed by atoms with Gasteiger partial charge in [0.05, 0.1) is 45.2 Å². The molecule has 1 amide bonds. The van der Waals surface area contributed by atoms with E-state index in [4.69, 9.17) is 28.4 Å². The zero-order chi connectivity index (χ0) is 42.8. The number of carbonyl (C=O) groups is 2. The lowest BCUT2D eigenvalue weighted by atomic mass is 9.88. The summed E-state index contributed by atoms with van der Waals surface area (Å²) in [6, 6.07) is 58.2. The lowest BCUT2D eigenvalue weighted by Crippen LogP contribution is -2.65. The molecule has 6 atom stereocenters. The first-order valence-electron chi connectivity index (χ1n) is 21.3. The van der Waals surface area contributed by atoms with E-state index in [9.17, 15) is 9.59 Å². The molecule has 0 radical (unpaired) electrons. The van der Waals surface area contributed by atoms with E-state index in [1.165, 1.54) is 0 Å². The summed E-state index contributed by atoms with van der Waals surface area (Å²) in [4.78, 5) is 30.2. The lowest BCUT2D eigenvalue weighted by Gasteiger charge is -2.49. The fourth-order valence-electron chi connectivity index (χ4n) is 7.72. The minimum Gasteiger partial charge on any atom is -0.459 e. The Bertz CT molecular complexity index is 2200. The maximum atomic E-state index is 14.3. The highest BCUT2D eigenvalue weighted by molar-refractivity contribution is 5.76. The van der Waals surface area contributed by atoms with Gasteiger partial charge in [0.15, 0.2) is 6.10 Å². The Morgan fingerprint density at radius 2 is 1.00 bits per heavy atom. The van der Waals surface area contributed by atoms with Crippen LogP contribution in [-0.4, -0.2) is 59.9 Å². The third-order valence-corrected chi connectivity index (χ3v) is 10.9. The van der Waals surface area contributed by atoms with Gasteiger partial charge in [-0.05, 0) is 33.4 Å². The SMILES string of the molecule is CC(=O)N(Cc1ccccc1)[C@H]1[C@H]([C@H](OCc2ccccc2)[C@@H](COCc2ccccc2)OCc2ccccc2)O[C@H](C(=O)OCc2ccccc2)C[C@@H]1OCc1ccccc1. The van der Waals surface area contributed by atoms with Gasteiger partial charge in [-0.1, -0.05) is 182 Å². The molecule has 0 bridgehead atoms. The number of ether oxygens (including phenoxy) is 6. The molecule has 1 saturated heterocycles. The highest BCUT2D eigenvalue weighted by Crippen LogP contribution is 2.35. The van der Waals surface area contributed by atoms with Crippen LogP contribution in [0.3, 0.4) is 0 Å². The molecule has 0 spiro atoms. The van der Waals surface area contributed by atoms with Crippen molar-refractivity contribution in [1.29, 1.82) is 0 Å². The summed E-state index contributed by atoms with van der Waals surface area (Å²) < 4.78 is 40.2. The van der Waals surface area contributed by atoms with E-state index in [0.717, 1.165) is 33.4 Å². The maximum Gasteiger partial charge on any atom is 0.335 e. The molecule has 6 aromatic rings. The average molecular weight is 834 g/mol. The van der Waals surface area contributed by atoms with Gasteiger partial charge in [0, 0.05) is 19.9 Å². The minimum atomic E-state index is -1.06. The quantitative estimate of drug-likeness (QED) is 0.0664. The van der Waals surface area contributed by atoms with E-state index in [0.29, 0.717) is 6.61 Å². The molecule has 1 fully saturated rings. The van der Waals surface area contributed by atoms with Gasteiger partial charge in [-0.3, -0.25) is 4.79 Å². The standard InChI is InChI=1S/C53H55NO8/c1-40(55)54(33-41-20-8-2-9-21-41)50-47(58-35-43-24-12-4-13-25-43)32-48(53(56)61-38-46-30-18-7-19-31-46)62-52(50)51(60-37-45-28-16-6-17-29-45)49(59-36-44-26-14-5-15-27-44)39-57-34-42-22-10-3-11-23-42/h2-31,47-52H,32-39H2,1H3/t47-,48-,49+,50+,51+,52+/m0/s1. The number of hydrogen-bond acceptors (Lipinski definition) is 8. The van der Waals surface area contributed by atoms with Crippen LogP contribution in [0.5, 0.6) is 0 Å². The van der Waals surface area contributed by atoms with E-state index < -0.39 is 42.5 Å². The van der Waals surface area contributed by atoms with E-state index in [1.807, 2.05) is 182 Å². The number of nitrogens with zero attached hydrogens (tertiary/aromatic N) is 1. The summed E-state index contributed by atoms with van der Waals surface area (Å²) in [7, 11) is 0. The summed E-state index contributed by atoms with van der Waals surface area (Å²) in [6.07, 6.45) is -4.21. The molecule has 320 valence electrons. The molecule has 9 heteroatoms. The van der Waals surface area contributed by atoms with Crippen LogP contribution in [0.1, 0.15) is 46.7 Å². The van der Waals surface area contributed by atoms with Gasteiger partial charge < -0.3 is 33.3 Å². The van der Waals surface area contributed by atoms with Gasteiger partial charge >= 0.3 is 5.97 Å². The smallest absolute Gasteiger partial charge is 0.335 e. The van der Waals surface area contributed by atoms with Crippen molar-refractivity contribution in [1.82, 2.24) is 4.90 Å². The second-order valence-electron chi connectivity index (χ2n) is 15.5. The molecule has 0 unspecified atom stereocenters. The Balaban J connectivity index is 1.31. The summed E-state index contributed by atoms with van der Waals surface area (Å²) in [5.74, 6) is -0.721.